The predicted molar refractivity (Wildman–Crippen MR) is 68.6 cm³/mol. The van der Waals surface area contributed by atoms with Gasteiger partial charge in [0.2, 0.25) is 11.0 Å². The van der Waals surface area contributed by atoms with Crippen molar-refractivity contribution in [2.75, 3.05) is 0 Å². The third-order valence-electron chi connectivity index (χ3n) is 2.82. The van der Waals surface area contributed by atoms with Crippen LogP contribution in [0.25, 0.3) is 0 Å². The molecule has 0 bridgehead atoms. The predicted octanol–water partition coefficient (Wildman–Crippen LogP) is 1.98. The van der Waals surface area contributed by atoms with E-state index in [9.17, 15) is 0 Å². The molecular formula is C11H16N6OS. The Morgan fingerprint density at radius 3 is 2.79 bits per heavy atom. The van der Waals surface area contributed by atoms with Crippen molar-refractivity contribution in [3.63, 3.8) is 0 Å². The van der Waals surface area contributed by atoms with E-state index in [1.165, 1.54) is 11.8 Å². The van der Waals surface area contributed by atoms with Crippen molar-refractivity contribution in [2.24, 2.45) is 0 Å². The van der Waals surface area contributed by atoms with E-state index in [0.29, 0.717) is 17.7 Å². The standard InChI is InChI=1S/C11H16N6OS/c1-11(2,3)9-12-8(18-14-9)6-19-10-13-15-16-17(10)7-4-5-7/h7H,4-6H2,1-3H3. The molecule has 0 saturated heterocycles. The van der Waals surface area contributed by atoms with Crippen molar-refractivity contribution in [2.45, 2.75) is 56.0 Å². The summed E-state index contributed by atoms with van der Waals surface area (Å²) in [4.78, 5) is 4.39. The second-order valence-electron chi connectivity index (χ2n) is 5.69. The zero-order chi connectivity index (χ0) is 13.5. The number of hydrogen-bond acceptors (Lipinski definition) is 7. The summed E-state index contributed by atoms with van der Waals surface area (Å²) in [6, 6.07) is 0.477. The Kier molecular flexibility index (Phi) is 3.04. The number of rotatable bonds is 4. The summed E-state index contributed by atoms with van der Waals surface area (Å²) in [5.41, 5.74) is -0.0952. The Morgan fingerprint density at radius 2 is 2.16 bits per heavy atom. The molecule has 0 spiro atoms. The van der Waals surface area contributed by atoms with E-state index in [0.717, 1.165) is 23.8 Å². The van der Waals surface area contributed by atoms with Crippen molar-refractivity contribution in [1.82, 2.24) is 30.3 Å². The number of thioether (sulfide) groups is 1. The first-order chi connectivity index (χ1) is 9.04. The molecule has 7 nitrogen and oxygen atoms in total. The van der Waals surface area contributed by atoms with E-state index in [1.807, 2.05) is 4.68 Å². The molecule has 0 aromatic carbocycles. The molecule has 0 aliphatic heterocycles. The van der Waals surface area contributed by atoms with Gasteiger partial charge < -0.3 is 4.52 Å². The van der Waals surface area contributed by atoms with E-state index < -0.39 is 0 Å². The van der Waals surface area contributed by atoms with Crippen LogP contribution in [-0.4, -0.2) is 30.3 Å². The van der Waals surface area contributed by atoms with Crippen LogP contribution in [0.3, 0.4) is 0 Å². The average molecular weight is 280 g/mol. The third kappa shape index (κ3) is 2.78. The van der Waals surface area contributed by atoms with Crippen LogP contribution in [0.5, 0.6) is 0 Å². The molecule has 2 aromatic rings. The minimum absolute atomic E-state index is 0.0952. The van der Waals surface area contributed by atoms with Crippen molar-refractivity contribution in [3.05, 3.63) is 11.7 Å². The lowest BCUT2D eigenvalue weighted by molar-refractivity contribution is 0.372. The monoisotopic (exact) mass is 280 g/mol. The van der Waals surface area contributed by atoms with Gasteiger partial charge in [-0.15, -0.1) is 5.10 Å². The zero-order valence-corrected chi connectivity index (χ0v) is 12.0. The summed E-state index contributed by atoms with van der Waals surface area (Å²) in [5.74, 6) is 1.93. The van der Waals surface area contributed by atoms with Crippen LogP contribution >= 0.6 is 11.8 Å². The number of hydrogen-bond donors (Lipinski definition) is 0. The van der Waals surface area contributed by atoms with Crippen LogP contribution in [0, 0.1) is 0 Å². The van der Waals surface area contributed by atoms with Gasteiger partial charge in [0.05, 0.1) is 11.8 Å². The molecule has 1 fully saturated rings. The van der Waals surface area contributed by atoms with Crippen LogP contribution < -0.4 is 0 Å². The Balaban J connectivity index is 1.65. The van der Waals surface area contributed by atoms with E-state index in [1.54, 1.807) is 0 Å². The topological polar surface area (TPSA) is 82.5 Å². The summed E-state index contributed by atoms with van der Waals surface area (Å²) >= 11 is 1.53. The molecule has 19 heavy (non-hydrogen) atoms. The molecule has 102 valence electrons. The molecule has 1 saturated carbocycles. The fraction of sp³-hybridized carbons (Fsp3) is 0.727. The van der Waals surface area contributed by atoms with E-state index >= 15 is 0 Å². The summed E-state index contributed by atoms with van der Waals surface area (Å²) in [5, 5.41) is 16.6. The normalized spacial score (nSPS) is 15.9. The van der Waals surface area contributed by atoms with Gasteiger partial charge in [-0.3, -0.25) is 0 Å². The Labute approximate surface area is 115 Å². The molecule has 3 rings (SSSR count). The molecule has 8 heteroatoms. The fourth-order valence-corrected chi connectivity index (χ4v) is 2.36. The van der Waals surface area contributed by atoms with Gasteiger partial charge in [-0.25, -0.2) is 4.68 Å². The molecule has 0 unspecified atom stereocenters. The SMILES string of the molecule is CC(C)(C)c1noc(CSc2nnnn2C2CC2)n1. The highest BCUT2D eigenvalue weighted by molar-refractivity contribution is 7.98. The van der Waals surface area contributed by atoms with Crippen molar-refractivity contribution in [1.29, 1.82) is 0 Å². The molecule has 0 N–H and O–H groups in total. The number of aromatic nitrogens is 6. The van der Waals surface area contributed by atoms with Crippen LogP contribution in [0.2, 0.25) is 0 Å². The zero-order valence-electron chi connectivity index (χ0n) is 11.2. The summed E-state index contributed by atoms with van der Waals surface area (Å²) in [7, 11) is 0. The van der Waals surface area contributed by atoms with Crippen molar-refractivity contribution >= 4 is 11.8 Å². The Morgan fingerprint density at radius 1 is 1.37 bits per heavy atom. The molecule has 1 aliphatic carbocycles. The van der Waals surface area contributed by atoms with Crippen LogP contribution in [0.15, 0.2) is 9.68 Å². The fourth-order valence-electron chi connectivity index (χ4n) is 1.57. The highest BCUT2D eigenvalue weighted by atomic mass is 32.2. The second kappa shape index (κ2) is 4.59. The molecule has 1 aliphatic rings. The minimum Gasteiger partial charge on any atom is -0.338 e. The maximum Gasteiger partial charge on any atom is 0.237 e. The first-order valence-electron chi connectivity index (χ1n) is 6.28. The van der Waals surface area contributed by atoms with Gasteiger partial charge in [0.25, 0.3) is 0 Å². The Bertz CT molecular complexity index is 568. The van der Waals surface area contributed by atoms with Crippen LogP contribution in [-0.2, 0) is 11.2 Å². The third-order valence-corrected chi connectivity index (χ3v) is 3.74. The number of nitrogens with zero attached hydrogens (tertiary/aromatic N) is 6. The van der Waals surface area contributed by atoms with Crippen molar-refractivity contribution in [3.8, 4) is 0 Å². The minimum atomic E-state index is -0.0952. The maximum absolute atomic E-state index is 5.25. The van der Waals surface area contributed by atoms with E-state index in [4.69, 9.17) is 4.52 Å². The van der Waals surface area contributed by atoms with Gasteiger partial charge in [-0.2, -0.15) is 4.98 Å². The van der Waals surface area contributed by atoms with Gasteiger partial charge in [0.1, 0.15) is 0 Å². The first-order valence-corrected chi connectivity index (χ1v) is 7.26. The lowest BCUT2D eigenvalue weighted by Crippen LogP contribution is -2.13. The highest BCUT2D eigenvalue weighted by Gasteiger charge is 2.28. The summed E-state index contributed by atoms with van der Waals surface area (Å²) in [6.07, 6.45) is 2.32. The van der Waals surface area contributed by atoms with Gasteiger partial charge in [-0.05, 0) is 23.3 Å². The quantitative estimate of drug-likeness (QED) is 0.792. The van der Waals surface area contributed by atoms with Gasteiger partial charge in [0.15, 0.2) is 5.82 Å². The van der Waals surface area contributed by atoms with Crippen molar-refractivity contribution < 1.29 is 4.52 Å². The maximum atomic E-state index is 5.25. The van der Waals surface area contributed by atoms with Gasteiger partial charge in [-0.1, -0.05) is 37.7 Å². The molecule has 0 atom stereocenters. The summed E-state index contributed by atoms with van der Waals surface area (Å²) < 4.78 is 7.13. The molecule has 0 radical (unpaired) electrons. The molecule has 2 heterocycles. The van der Waals surface area contributed by atoms with E-state index in [2.05, 4.69) is 46.4 Å². The second-order valence-corrected chi connectivity index (χ2v) is 6.63. The smallest absolute Gasteiger partial charge is 0.237 e. The van der Waals surface area contributed by atoms with Gasteiger partial charge in [0, 0.05) is 5.41 Å². The number of tetrazole rings is 1. The average Bonchev–Trinajstić information content (AvgIpc) is 2.91. The summed E-state index contributed by atoms with van der Waals surface area (Å²) in [6.45, 7) is 6.17. The Hall–Kier alpha value is -1.44. The first kappa shape index (κ1) is 12.6. The van der Waals surface area contributed by atoms with E-state index in [-0.39, 0.29) is 5.41 Å². The molecule has 0 amide bonds. The lowest BCUT2D eigenvalue weighted by Gasteiger charge is -2.10. The molecular weight excluding hydrogens is 264 g/mol. The lowest BCUT2D eigenvalue weighted by atomic mass is 9.96. The highest BCUT2D eigenvalue weighted by Crippen LogP contribution is 2.36. The molecule has 2 aromatic heterocycles. The van der Waals surface area contributed by atoms with Gasteiger partial charge >= 0.3 is 0 Å². The largest absolute Gasteiger partial charge is 0.338 e. The van der Waals surface area contributed by atoms with Crippen LogP contribution in [0.4, 0.5) is 0 Å². The van der Waals surface area contributed by atoms with Crippen LogP contribution in [0.1, 0.15) is 51.4 Å².